The standard InChI is InChI=1S/C14H14FN3O3/c1-9-3-4-16-7-10(9)8-17-12-6-14(21-2)13(18(19)20)5-11(12)15/h3-7,17H,8H2,1-2H3. The number of benzene rings is 1. The highest BCUT2D eigenvalue weighted by Crippen LogP contribution is 2.32. The van der Waals surface area contributed by atoms with Crippen molar-refractivity contribution in [2.45, 2.75) is 13.5 Å². The van der Waals surface area contributed by atoms with Crippen molar-refractivity contribution in [2.24, 2.45) is 0 Å². The van der Waals surface area contributed by atoms with Crippen LogP contribution in [0.4, 0.5) is 15.8 Å². The van der Waals surface area contributed by atoms with Gasteiger partial charge >= 0.3 is 5.69 Å². The highest BCUT2D eigenvalue weighted by molar-refractivity contribution is 5.59. The van der Waals surface area contributed by atoms with E-state index in [1.807, 2.05) is 13.0 Å². The number of nitro groups is 1. The lowest BCUT2D eigenvalue weighted by Crippen LogP contribution is -2.05. The van der Waals surface area contributed by atoms with Gasteiger partial charge in [-0.2, -0.15) is 0 Å². The van der Waals surface area contributed by atoms with Crippen molar-refractivity contribution in [1.82, 2.24) is 4.98 Å². The summed E-state index contributed by atoms with van der Waals surface area (Å²) >= 11 is 0. The number of nitro benzene ring substituents is 1. The zero-order valence-corrected chi connectivity index (χ0v) is 11.6. The third-order valence-corrected chi connectivity index (χ3v) is 3.08. The molecule has 0 atom stereocenters. The molecule has 0 saturated carbocycles. The van der Waals surface area contributed by atoms with Gasteiger partial charge in [0.2, 0.25) is 0 Å². The molecule has 1 N–H and O–H groups in total. The summed E-state index contributed by atoms with van der Waals surface area (Å²) in [5, 5.41) is 13.7. The summed E-state index contributed by atoms with van der Waals surface area (Å²) in [6.45, 7) is 2.28. The molecule has 0 fully saturated rings. The topological polar surface area (TPSA) is 77.3 Å². The molecule has 0 bridgehead atoms. The SMILES string of the molecule is COc1cc(NCc2cnccc2C)c(F)cc1[N+](=O)[O-]. The van der Waals surface area contributed by atoms with Crippen molar-refractivity contribution in [3.63, 3.8) is 0 Å². The smallest absolute Gasteiger partial charge is 0.313 e. The highest BCUT2D eigenvalue weighted by Gasteiger charge is 2.19. The van der Waals surface area contributed by atoms with Gasteiger partial charge < -0.3 is 10.1 Å². The molecule has 0 unspecified atom stereocenters. The second-order valence-corrected chi connectivity index (χ2v) is 4.42. The van der Waals surface area contributed by atoms with Gasteiger partial charge in [-0.25, -0.2) is 4.39 Å². The molecule has 2 aromatic rings. The van der Waals surface area contributed by atoms with Crippen LogP contribution in [0.15, 0.2) is 30.6 Å². The van der Waals surface area contributed by atoms with E-state index in [2.05, 4.69) is 10.3 Å². The Bertz CT molecular complexity index is 677. The molecular formula is C14H14FN3O3. The summed E-state index contributed by atoms with van der Waals surface area (Å²) in [6.07, 6.45) is 3.36. The highest BCUT2D eigenvalue weighted by atomic mass is 19.1. The van der Waals surface area contributed by atoms with E-state index in [1.165, 1.54) is 13.2 Å². The maximum atomic E-state index is 13.9. The minimum atomic E-state index is -0.705. The number of halogens is 1. The van der Waals surface area contributed by atoms with Crippen molar-refractivity contribution in [3.8, 4) is 5.75 Å². The second-order valence-electron chi connectivity index (χ2n) is 4.42. The zero-order chi connectivity index (χ0) is 15.4. The molecule has 0 spiro atoms. The molecule has 1 aromatic carbocycles. The quantitative estimate of drug-likeness (QED) is 0.676. The largest absolute Gasteiger partial charge is 0.490 e. The second kappa shape index (κ2) is 6.17. The molecule has 0 amide bonds. The summed E-state index contributed by atoms with van der Waals surface area (Å²) in [5.74, 6) is -0.698. The van der Waals surface area contributed by atoms with E-state index in [0.29, 0.717) is 6.54 Å². The molecule has 110 valence electrons. The Morgan fingerprint density at radius 1 is 1.48 bits per heavy atom. The van der Waals surface area contributed by atoms with E-state index in [9.17, 15) is 14.5 Å². The fraction of sp³-hybridized carbons (Fsp3) is 0.214. The maximum Gasteiger partial charge on any atom is 0.313 e. The van der Waals surface area contributed by atoms with Crippen LogP contribution in [0.25, 0.3) is 0 Å². The van der Waals surface area contributed by atoms with Crippen molar-refractivity contribution in [3.05, 3.63) is 57.7 Å². The maximum absolute atomic E-state index is 13.9. The Labute approximate surface area is 120 Å². The summed E-state index contributed by atoms with van der Waals surface area (Å²) in [5.41, 5.74) is 1.67. The summed E-state index contributed by atoms with van der Waals surface area (Å²) in [6, 6.07) is 3.97. The van der Waals surface area contributed by atoms with Crippen LogP contribution in [0.5, 0.6) is 5.75 Å². The van der Waals surface area contributed by atoms with E-state index in [4.69, 9.17) is 4.74 Å². The third-order valence-electron chi connectivity index (χ3n) is 3.08. The predicted octanol–water partition coefficient (Wildman–Crippen LogP) is 3.06. The fourth-order valence-electron chi connectivity index (χ4n) is 1.86. The Balaban J connectivity index is 2.25. The van der Waals surface area contributed by atoms with Crippen LogP contribution in [0.2, 0.25) is 0 Å². The van der Waals surface area contributed by atoms with Gasteiger partial charge in [0, 0.05) is 25.0 Å². The number of pyridine rings is 1. The normalized spacial score (nSPS) is 10.2. The molecule has 0 aliphatic heterocycles. The number of ether oxygens (including phenoxy) is 1. The van der Waals surface area contributed by atoms with E-state index < -0.39 is 16.4 Å². The van der Waals surface area contributed by atoms with Crippen LogP contribution < -0.4 is 10.1 Å². The molecule has 0 aliphatic carbocycles. The Morgan fingerprint density at radius 3 is 2.86 bits per heavy atom. The molecule has 1 aromatic heterocycles. The van der Waals surface area contributed by atoms with Crippen LogP contribution in [-0.4, -0.2) is 17.0 Å². The molecule has 6 nitrogen and oxygen atoms in total. The third kappa shape index (κ3) is 3.25. The molecule has 2 rings (SSSR count). The van der Waals surface area contributed by atoms with Crippen molar-refractivity contribution in [1.29, 1.82) is 0 Å². The molecule has 1 heterocycles. The number of aromatic nitrogens is 1. The van der Waals surface area contributed by atoms with E-state index in [1.54, 1.807) is 12.4 Å². The summed E-state index contributed by atoms with van der Waals surface area (Å²) in [4.78, 5) is 14.1. The van der Waals surface area contributed by atoms with Crippen LogP contribution in [0, 0.1) is 22.9 Å². The minimum Gasteiger partial charge on any atom is -0.490 e. The van der Waals surface area contributed by atoms with Crippen molar-refractivity contribution in [2.75, 3.05) is 12.4 Å². The number of methoxy groups -OCH3 is 1. The monoisotopic (exact) mass is 291 g/mol. The van der Waals surface area contributed by atoms with Gasteiger partial charge in [0.15, 0.2) is 11.6 Å². The van der Waals surface area contributed by atoms with Gasteiger partial charge in [-0.15, -0.1) is 0 Å². The fourth-order valence-corrected chi connectivity index (χ4v) is 1.86. The van der Waals surface area contributed by atoms with Gasteiger partial charge in [-0.3, -0.25) is 15.1 Å². The van der Waals surface area contributed by atoms with E-state index in [-0.39, 0.29) is 11.4 Å². The summed E-state index contributed by atoms with van der Waals surface area (Å²) < 4.78 is 18.8. The Hall–Kier alpha value is -2.70. The lowest BCUT2D eigenvalue weighted by atomic mass is 10.1. The number of nitrogens with zero attached hydrogens (tertiary/aromatic N) is 2. The number of aryl methyl sites for hydroxylation is 1. The van der Waals surface area contributed by atoms with Crippen molar-refractivity contribution >= 4 is 11.4 Å². The number of hydrogen-bond donors (Lipinski definition) is 1. The lowest BCUT2D eigenvalue weighted by Gasteiger charge is -2.11. The lowest BCUT2D eigenvalue weighted by molar-refractivity contribution is -0.385. The van der Waals surface area contributed by atoms with Gasteiger partial charge in [0.1, 0.15) is 0 Å². The van der Waals surface area contributed by atoms with Crippen LogP contribution in [0.1, 0.15) is 11.1 Å². The number of rotatable bonds is 5. The number of anilines is 1. The first-order valence-corrected chi connectivity index (χ1v) is 6.18. The zero-order valence-electron chi connectivity index (χ0n) is 11.6. The Kier molecular flexibility index (Phi) is 4.32. The van der Waals surface area contributed by atoms with Gasteiger partial charge in [0.25, 0.3) is 0 Å². The van der Waals surface area contributed by atoms with Crippen LogP contribution in [0.3, 0.4) is 0 Å². The van der Waals surface area contributed by atoms with Gasteiger partial charge in [-0.1, -0.05) is 0 Å². The average molecular weight is 291 g/mol. The minimum absolute atomic E-state index is 0.00630. The van der Waals surface area contributed by atoms with E-state index >= 15 is 0 Å². The Morgan fingerprint density at radius 2 is 2.24 bits per heavy atom. The first kappa shape index (κ1) is 14.7. The first-order valence-electron chi connectivity index (χ1n) is 6.18. The molecule has 0 radical (unpaired) electrons. The predicted molar refractivity (Wildman–Crippen MR) is 75.9 cm³/mol. The molecule has 0 aliphatic rings. The van der Waals surface area contributed by atoms with Crippen LogP contribution >= 0.6 is 0 Å². The van der Waals surface area contributed by atoms with Gasteiger partial charge in [-0.05, 0) is 24.1 Å². The van der Waals surface area contributed by atoms with Crippen molar-refractivity contribution < 1.29 is 14.1 Å². The average Bonchev–Trinajstić information content (AvgIpc) is 2.47. The number of nitrogens with one attached hydrogen (secondary N) is 1. The molecule has 21 heavy (non-hydrogen) atoms. The molecule has 7 heteroatoms. The van der Waals surface area contributed by atoms with Gasteiger partial charge in [0.05, 0.1) is 23.8 Å². The number of hydrogen-bond acceptors (Lipinski definition) is 5. The first-order chi connectivity index (χ1) is 10.0. The molecular weight excluding hydrogens is 277 g/mol. The summed E-state index contributed by atoms with van der Waals surface area (Å²) in [7, 11) is 1.30. The van der Waals surface area contributed by atoms with E-state index in [0.717, 1.165) is 17.2 Å². The van der Waals surface area contributed by atoms with Crippen LogP contribution in [-0.2, 0) is 6.54 Å². The molecule has 0 saturated heterocycles.